The van der Waals surface area contributed by atoms with E-state index in [4.69, 9.17) is 10.2 Å². The van der Waals surface area contributed by atoms with Crippen LogP contribution in [0.5, 0.6) is 17.2 Å². The van der Waals surface area contributed by atoms with Gasteiger partial charge in [0.25, 0.3) is 0 Å². The second-order valence-corrected chi connectivity index (χ2v) is 3.99. The first-order chi connectivity index (χ1) is 9.06. The molecule has 0 aromatic heterocycles. The fourth-order valence-electron chi connectivity index (χ4n) is 1.58. The Kier molecular flexibility index (Phi) is 4.88. The molecule has 2 aromatic carbocycles. The smallest absolute Gasteiger partial charge is 0.189 e. The summed E-state index contributed by atoms with van der Waals surface area (Å²) in [5.41, 5.74) is 0.872. The average Bonchev–Trinajstić information content (AvgIpc) is 2.37. The predicted molar refractivity (Wildman–Crippen MR) is 74.9 cm³/mol. The first kappa shape index (κ1) is 15.3. The molecule has 0 aliphatic rings. The molecule has 0 saturated carbocycles. The van der Waals surface area contributed by atoms with Gasteiger partial charge >= 0.3 is 0 Å². The standard InChI is InChI=1S/C15H12O4.H2O/c16-11-4-1-10(2-5-11)3-8-14(18)13-7-6-12(17)9-15(13)19;/h1-9,16-17,19H;1H2/b8-3+;. The SMILES string of the molecule is O.O=C(/C=C/c1ccc(O)cc1)c1ccc(O)cc1O. The molecule has 0 heterocycles. The van der Waals surface area contributed by atoms with Crippen LogP contribution in [0.1, 0.15) is 15.9 Å². The van der Waals surface area contributed by atoms with Crippen LogP contribution in [-0.2, 0) is 0 Å². The maximum absolute atomic E-state index is 11.8. The first-order valence-electron chi connectivity index (χ1n) is 5.60. The number of carbonyl (C=O) groups is 1. The van der Waals surface area contributed by atoms with Gasteiger partial charge in [0, 0.05) is 6.07 Å². The summed E-state index contributed by atoms with van der Waals surface area (Å²) in [6.07, 6.45) is 2.90. The fraction of sp³-hybridized carbons (Fsp3) is 0. The molecule has 2 rings (SSSR count). The zero-order valence-electron chi connectivity index (χ0n) is 10.4. The van der Waals surface area contributed by atoms with Crippen LogP contribution < -0.4 is 0 Å². The Morgan fingerprint density at radius 2 is 1.50 bits per heavy atom. The molecular formula is C15H14O5. The molecule has 0 saturated heterocycles. The highest BCUT2D eigenvalue weighted by Gasteiger charge is 2.08. The maximum atomic E-state index is 11.8. The number of rotatable bonds is 3. The van der Waals surface area contributed by atoms with E-state index in [0.717, 1.165) is 11.6 Å². The number of benzene rings is 2. The number of aromatic hydroxyl groups is 3. The van der Waals surface area contributed by atoms with Crippen molar-refractivity contribution in [1.82, 2.24) is 0 Å². The Morgan fingerprint density at radius 3 is 2.10 bits per heavy atom. The van der Waals surface area contributed by atoms with Gasteiger partial charge < -0.3 is 20.8 Å². The van der Waals surface area contributed by atoms with Gasteiger partial charge in [-0.05, 0) is 35.9 Å². The minimum Gasteiger partial charge on any atom is -0.508 e. The molecule has 20 heavy (non-hydrogen) atoms. The molecule has 0 bridgehead atoms. The van der Waals surface area contributed by atoms with Gasteiger partial charge in [-0.1, -0.05) is 18.2 Å². The van der Waals surface area contributed by atoms with E-state index in [1.807, 2.05) is 0 Å². The lowest BCUT2D eigenvalue weighted by Gasteiger charge is -2.01. The Balaban J connectivity index is 0.00000200. The van der Waals surface area contributed by atoms with E-state index in [1.165, 1.54) is 30.3 Å². The Hall–Kier alpha value is -2.79. The van der Waals surface area contributed by atoms with E-state index >= 15 is 0 Å². The second kappa shape index (κ2) is 6.40. The van der Waals surface area contributed by atoms with Crippen molar-refractivity contribution < 1.29 is 25.6 Å². The van der Waals surface area contributed by atoms with E-state index in [2.05, 4.69) is 0 Å². The van der Waals surface area contributed by atoms with Crippen molar-refractivity contribution in [2.75, 3.05) is 0 Å². The van der Waals surface area contributed by atoms with E-state index in [-0.39, 0.29) is 34.1 Å². The highest BCUT2D eigenvalue weighted by molar-refractivity contribution is 6.08. The van der Waals surface area contributed by atoms with Crippen molar-refractivity contribution in [3.63, 3.8) is 0 Å². The summed E-state index contributed by atoms with van der Waals surface area (Å²) in [7, 11) is 0. The number of hydrogen-bond donors (Lipinski definition) is 3. The molecule has 104 valence electrons. The van der Waals surface area contributed by atoms with Gasteiger partial charge in [-0.25, -0.2) is 0 Å². The quantitative estimate of drug-likeness (QED) is 0.586. The van der Waals surface area contributed by atoms with Crippen LogP contribution in [0, 0.1) is 0 Å². The van der Waals surface area contributed by atoms with Gasteiger partial charge in [0.05, 0.1) is 5.56 Å². The van der Waals surface area contributed by atoms with E-state index in [9.17, 15) is 9.90 Å². The van der Waals surface area contributed by atoms with Gasteiger partial charge in [0.2, 0.25) is 0 Å². The lowest BCUT2D eigenvalue weighted by atomic mass is 10.1. The summed E-state index contributed by atoms with van der Waals surface area (Å²) >= 11 is 0. The summed E-state index contributed by atoms with van der Waals surface area (Å²) < 4.78 is 0. The highest BCUT2D eigenvalue weighted by atomic mass is 16.3. The van der Waals surface area contributed by atoms with Crippen LogP contribution in [0.3, 0.4) is 0 Å². The third-order valence-corrected chi connectivity index (χ3v) is 2.57. The number of phenolic OH excluding ortho intramolecular Hbond substituents is 3. The molecule has 5 nitrogen and oxygen atoms in total. The van der Waals surface area contributed by atoms with Gasteiger partial charge in [-0.15, -0.1) is 0 Å². The molecule has 0 aliphatic heterocycles. The largest absolute Gasteiger partial charge is 0.508 e. The van der Waals surface area contributed by atoms with Gasteiger partial charge in [0.15, 0.2) is 5.78 Å². The fourth-order valence-corrected chi connectivity index (χ4v) is 1.58. The van der Waals surface area contributed by atoms with Crippen molar-refractivity contribution in [3.05, 3.63) is 59.7 Å². The van der Waals surface area contributed by atoms with Crippen molar-refractivity contribution in [2.24, 2.45) is 0 Å². The zero-order chi connectivity index (χ0) is 13.8. The number of carbonyl (C=O) groups excluding carboxylic acids is 1. The summed E-state index contributed by atoms with van der Waals surface area (Å²) in [5, 5.41) is 27.8. The Bertz CT molecular complexity index is 629. The van der Waals surface area contributed by atoms with Crippen molar-refractivity contribution >= 4 is 11.9 Å². The summed E-state index contributed by atoms with van der Waals surface area (Å²) in [6, 6.07) is 10.2. The van der Waals surface area contributed by atoms with Crippen LogP contribution >= 0.6 is 0 Å². The normalized spacial score (nSPS) is 10.2. The number of hydrogen-bond acceptors (Lipinski definition) is 4. The molecule has 2 aromatic rings. The van der Waals surface area contributed by atoms with Crippen LogP contribution in [0.15, 0.2) is 48.5 Å². The second-order valence-electron chi connectivity index (χ2n) is 3.99. The zero-order valence-corrected chi connectivity index (χ0v) is 10.4. The number of phenols is 3. The molecule has 0 amide bonds. The van der Waals surface area contributed by atoms with Crippen molar-refractivity contribution in [1.29, 1.82) is 0 Å². The maximum Gasteiger partial charge on any atom is 0.189 e. The molecule has 0 atom stereocenters. The molecule has 0 fully saturated rings. The first-order valence-corrected chi connectivity index (χ1v) is 5.60. The van der Waals surface area contributed by atoms with Crippen LogP contribution in [0.4, 0.5) is 0 Å². The number of allylic oxidation sites excluding steroid dienone is 1. The summed E-state index contributed by atoms with van der Waals surface area (Å²) in [5.74, 6) is -0.581. The third-order valence-electron chi connectivity index (χ3n) is 2.57. The number of ketones is 1. The van der Waals surface area contributed by atoms with Gasteiger partial charge in [-0.2, -0.15) is 0 Å². The molecule has 0 aliphatic carbocycles. The highest BCUT2D eigenvalue weighted by Crippen LogP contribution is 2.23. The molecule has 0 spiro atoms. The van der Waals surface area contributed by atoms with Crippen LogP contribution in [-0.4, -0.2) is 26.6 Å². The van der Waals surface area contributed by atoms with E-state index < -0.39 is 0 Å². The van der Waals surface area contributed by atoms with Crippen LogP contribution in [0.2, 0.25) is 0 Å². The average molecular weight is 274 g/mol. The van der Waals surface area contributed by atoms with E-state index in [1.54, 1.807) is 18.2 Å². The molecular weight excluding hydrogens is 260 g/mol. The van der Waals surface area contributed by atoms with Gasteiger partial charge in [0.1, 0.15) is 17.2 Å². The Labute approximate surface area is 115 Å². The molecule has 0 unspecified atom stereocenters. The molecule has 5 N–H and O–H groups in total. The predicted octanol–water partition coefficient (Wildman–Crippen LogP) is 1.87. The lowest BCUT2D eigenvalue weighted by Crippen LogP contribution is -1.94. The van der Waals surface area contributed by atoms with Crippen LogP contribution in [0.25, 0.3) is 6.08 Å². The minimum atomic E-state index is -0.370. The summed E-state index contributed by atoms with van der Waals surface area (Å²) in [4.78, 5) is 11.8. The Morgan fingerprint density at radius 1 is 0.900 bits per heavy atom. The molecule has 0 radical (unpaired) electrons. The van der Waals surface area contributed by atoms with E-state index in [0.29, 0.717) is 0 Å². The lowest BCUT2D eigenvalue weighted by molar-refractivity contribution is 0.104. The minimum absolute atomic E-state index is 0. The molecule has 5 heteroatoms. The monoisotopic (exact) mass is 274 g/mol. The third kappa shape index (κ3) is 3.60. The summed E-state index contributed by atoms with van der Waals surface area (Å²) in [6.45, 7) is 0. The van der Waals surface area contributed by atoms with Gasteiger partial charge in [-0.3, -0.25) is 4.79 Å². The van der Waals surface area contributed by atoms with Crippen molar-refractivity contribution in [2.45, 2.75) is 0 Å². The van der Waals surface area contributed by atoms with Crippen molar-refractivity contribution in [3.8, 4) is 17.2 Å². The topological polar surface area (TPSA) is 109 Å².